The zero-order chi connectivity index (χ0) is 29.2. The molecule has 40 heavy (non-hydrogen) atoms. The van der Waals surface area contributed by atoms with Crippen LogP contribution in [-0.2, 0) is 61.6 Å². The maximum atomic E-state index is 10.3. The second-order valence-electron chi connectivity index (χ2n) is 9.21. The molecule has 0 bridgehead atoms. The van der Waals surface area contributed by atoms with E-state index in [0.717, 1.165) is 39.3 Å². The average molecular weight is 681 g/mol. The molecule has 3 saturated heterocycles. The molecule has 0 aromatic carbocycles. The van der Waals surface area contributed by atoms with Crippen LogP contribution in [0.5, 0.6) is 0 Å². The molecule has 15 nitrogen and oxygen atoms in total. The predicted molar refractivity (Wildman–Crippen MR) is 139 cm³/mol. The third kappa shape index (κ3) is 25.7. The van der Waals surface area contributed by atoms with Crippen LogP contribution in [0.4, 0.5) is 0 Å². The van der Waals surface area contributed by atoms with E-state index in [1.165, 1.54) is 0 Å². The minimum Gasteiger partial charge on any atom is -0.748 e. The van der Waals surface area contributed by atoms with E-state index in [0.29, 0.717) is 78.5 Å². The molecule has 0 aromatic heterocycles. The first kappa shape index (κ1) is 40.0. The molecule has 3 aliphatic rings. The number of hydrogen-bond donors (Lipinski definition) is 0. The van der Waals surface area contributed by atoms with Crippen LogP contribution in [-0.4, -0.2) is 169 Å². The first-order valence-electron chi connectivity index (χ1n) is 12.9. The summed E-state index contributed by atoms with van der Waals surface area (Å²) in [7, 11) is -12.1. The summed E-state index contributed by atoms with van der Waals surface area (Å²) in [5, 5.41) is 0. The largest absolute Gasteiger partial charge is 3.00 e. The second kappa shape index (κ2) is 21.7. The van der Waals surface area contributed by atoms with E-state index in [2.05, 4.69) is 14.7 Å². The van der Waals surface area contributed by atoms with Gasteiger partial charge in [-0.3, -0.25) is 14.7 Å². The molecule has 3 heterocycles. The number of nitrogens with zero attached hydrogens (tertiary/aromatic N) is 3. The molecule has 239 valence electrons. The van der Waals surface area contributed by atoms with E-state index in [1.54, 1.807) is 0 Å². The molecule has 0 atom stereocenters. The first-order valence-corrected chi connectivity index (χ1v) is 17.7. The molecule has 0 unspecified atom stereocenters. The number of rotatable bonds is 12. The van der Waals surface area contributed by atoms with Gasteiger partial charge in [-0.05, 0) is 38.9 Å². The Hall–Kier alpha value is 0.00948. The van der Waals surface area contributed by atoms with Gasteiger partial charge in [0.05, 0.1) is 70.0 Å². The van der Waals surface area contributed by atoms with Gasteiger partial charge in [-0.1, -0.05) is 0 Å². The molecule has 3 aliphatic heterocycles. The Labute approximate surface area is 249 Å². The van der Waals surface area contributed by atoms with E-state index >= 15 is 0 Å². The van der Waals surface area contributed by atoms with E-state index in [9.17, 15) is 38.9 Å². The van der Waals surface area contributed by atoms with Crippen molar-refractivity contribution in [3.05, 3.63) is 0 Å². The van der Waals surface area contributed by atoms with Gasteiger partial charge in [-0.2, -0.15) is 0 Å². The van der Waals surface area contributed by atoms with Gasteiger partial charge in [0.25, 0.3) is 0 Å². The normalized spacial score (nSPS) is 19.9. The fourth-order valence-corrected chi connectivity index (χ4v) is 5.32. The first-order chi connectivity index (χ1) is 18.2. The third-order valence-corrected chi connectivity index (χ3v) is 8.28. The summed E-state index contributed by atoms with van der Waals surface area (Å²) in [6, 6.07) is 0. The van der Waals surface area contributed by atoms with Gasteiger partial charge in [0.2, 0.25) is 0 Å². The van der Waals surface area contributed by atoms with Crippen LogP contribution in [0.15, 0.2) is 0 Å². The summed E-state index contributed by atoms with van der Waals surface area (Å²) < 4.78 is 108. The molecule has 1 radical (unpaired) electrons. The Bertz CT molecular complexity index is 829. The Morgan fingerprint density at radius 3 is 0.825 bits per heavy atom. The van der Waals surface area contributed by atoms with Crippen LogP contribution in [0.2, 0.25) is 0 Å². The van der Waals surface area contributed by atoms with Gasteiger partial charge >= 0.3 is 17.1 Å². The summed E-state index contributed by atoms with van der Waals surface area (Å²) in [4.78, 5) is 6.32. The molecule has 0 N–H and O–H groups in total. The molecule has 0 aromatic rings. The minimum atomic E-state index is -4.03. The summed E-state index contributed by atoms with van der Waals surface area (Å²) in [5.74, 6) is -0.779. The monoisotopic (exact) mass is 680 g/mol. The van der Waals surface area contributed by atoms with Gasteiger partial charge in [-0.15, -0.1) is 0 Å². The van der Waals surface area contributed by atoms with Crippen molar-refractivity contribution in [2.24, 2.45) is 0 Å². The van der Waals surface area contributed by atoms with Crippen LogP contribution in [0.25, 0.3) is 0 Å². The van der Waals surface area contributed by atoms with Crippen LogP contribution < -0.4 is 0 Å². The molecule has 0 saturated carbocycles. The van der Waals surface area contributed by atoms with Gasteiger partial charge in [-0.25, -0.2) is 25.3 Å². The van der Waals surface area contributed by atoms with E-state index in [1.807, 2.05) is 0 Å². The predicted octanol–water partition coefficient (Wildman–Crippen LogP) is -2.24. The number of ether oxygens (including phenoxy) is 3. The van der Waals surface area contributed by atoms with Crippen molar-refractivity contribution in [3.63, 3.8) is 0 Å². The van der Waals surface area contributed by atoms with Crippen LogP contribution in [0, 0.1) is 0 Å². The Morgan fingerprint density at radius 2 is 0.650 bits per heavy atom. The van der Waals surface area contributed by atoms with Crippen LogP contribution in [0.1, 0.15) is 19.3 Å². The van der Waals surface area contributed by atoms with E-state index in [-0.39, 0.29) is 34.3 Å². The fraction of sp³-hybridized carbons (Fsp3) is 1.00. The minimum absolute atomic E-state index is 0. The summed E-state index contributed by atoms with van der Waals surface area (Å²) in [5.41, 5.74) is 0. The number of hydrogen-bond acceptors (Lipinski definition) is 15. The topological polar surface area (TPSA) is 209 Å². The van der Waals surface area contributed by atoms with Gasteiger partial charge in [0.15, 0.2) is 0 Å². The standard InChI is InChI=1S/3C7H15NO4S.Fe/c3*9-13(10,11)7-1-2-8-3-5-12-6-4-8;/h3*1-7H2,(H,9,10,11);/q;;;+3/p-3. The van der Waals surface area contributed by atoms with Gasteiger partial charge in [0.1, 0.15) is 0 Å². The zero-order valence-corrected chi connectivity index (χ0v) is 26.2. The molecular weight excluding hydrogens is 638 g/mol. The summed E-state index contributed by atoms with van der Waals surface area (Å²) >= 11 is 0. The van der Waals surface area contributed by atoms with E-state index in [4.69, 9.17) is 14.2 Å². The quantitative estimate of drug-likeness (QED) is 0.158. The van der Waals surface area contributed by atoms with Crippen molar-refractivity contribution in [1.29, 1.82) is 0 Å². The Balaban J connectivity index is 0.000000563. The van der Waals surface area contributed by atoms with Crippen molar-refractivity contribution >= 4 is 30.4 Å². The molecule has 0 spiro atoms. The van der Waals surface area contributed by atoms with Crippen LogP contribution >= 0.6 is 0 Å². The number of morpholine rings is 3. The average Bonchev–Trinajstić information content (AvgIpc) is 2.85. The third-order valence-electron chi connectivity index (χ3n) is 5.92. The summed E-state index contributed by atoms with van der Waals surface area (Å²) in [6.07, 6.45) is 1.27. The molecule has 3 rings (SSSR count). The van der Waals surface area contributed by atoms with Crippen molar-refractivity contribution in [3.8, 4) is 0 Å². The van der Waals surface area contributed by atoms with Crippen molar-refractivity contribution in [2.75, 3.05) is 116 Å². The van der Waals surface area contributed by atoms with Crippen molar-refractivity contribution < 1.29 is 70.2 Å². The van der Waals surface area contributed by atoms with E-state index < -0.39 is 30.4 Å². The summed E-state index contributed by atoms with van der Waals surface area (Å²) in [6.45, 7) is 11.2. The maximum absolute atomic E-state index is 10.3. The van der Waals surface area contributed by atoms with Crippen LogP contribution in [0.3, 0.4) is 0 Å². The zero-order valence-electron chi connectivity index (χ0n) is 22.7. The Morgan fingerprint density at radius 1 is 0.450 bits per heavy atom. The van der Waals surface area contributed by atoms with Gasteiger partial charge < -0.3 is 27.9 Å². The fourth-order valence-electron chi connectivity index (χ4n) is 3.87. The SMILES string of the molecule is O=S(=O)([O-])CCCN1CCOCC1.O=S(=O)([O-])CCCN1CCOCC1.O=S(=O)([O-])CCCN1CCOCC1.[Fe+3]. The molecule has 19 heteroatoms. The smallest absolute Gasteiger partial charge is 0.748 e. The van der Waals surface area contributed by atoms with Crippen molar-refractivity contribution in [2.45, 2.75) is 19.3 Å². The van der Waals surface area contributed by atoms with Crippen molar-refractivity contribution in [1.82, 2.24) is 14.7 Å². The second-order valence-corrected chi connectivity index (χ2v) is 13.8. The molecule has 0 amide bonds. The Kier molecular flexibility index (Phi) is 21.7. The molecular formula is C21H42FeN3O12S3. The maximum Gasteiger partial charge on any atom is 3.00 e. The molecule has 3 fully saturated rings. The molecule has 0 aliphatic carbocycles. The van der Waals surface area contributed by atoms with Gasteiger partial charge in [0, 0.05) is 56.5 Å².